The zero-order chi connectivity index (χ0) is 13.9. The molecule has 0 aliphatic heterocycles. The molecule has 0 aromatic heterocycles. The Hall–Kier alpha value is -1.32. The second-order valence-electron chi connectivity index (χ2n) is 4.86. The fraction of sp³-hybridized carbons (Fsp3) is 0.250. The number of halogens is 1. The molecule has 19 heavy (non-hydrogen) atoms. The van der Waals surface area contributed by atoms with Gasteiger partial charge in [-0.3, -0.25) is 0 Å². The number of benzene rings is 2. The number of aliphatic hydroxyl groups is 1. The molecular formula is C16H17BrO2. The minimum atomic E-state index is -1.01. The minimum absolute atomic E-state index is 0.207. The van der Waals surface area contributed by atoms with Crippen LogP contribution >= 0.6 is 15.9 Å². The van der Waals surface area contributed by atoms with Crippen LogP contribution in [0.5, 0.6) is 5.75 Å². The standard InChI is InChI=1S/C16H17BrO2/c1-12-8-9-15(14(17)10-12)19-11-16(2,18)13-6-4-3-5-7-13/h3-10,18H,11H2,1-2H3. The first-order valence-corrected chi connectivity index (χ1v) is 6.95. The van der Waals surface area contributed by atoms with Crippen LogP contribution in [-0.4, -0.2) is 11.7 Å². The van der Waals surface area contributed by atoms with E-state index in [0.717, 1.165) is 21.3 Å². The molecule has 2 aromatic carbocycles. The van der Waals surface area contributed by atoms with Gasteiger partial charge < -0.3 is 9.84 Å². The topological polar surface area (TPSA) is 29.5 Å². The monoisotopic (exact) mass is 320 g/mol. The van der Waals surface area contributed by atoms with Crippen molar-refractivity contribution in [3.8, 4) is 5.75 Å². The maximum atomic E-state index is 10.5. The van der Waals surface area contributed by atoms with Crippen molar-refractivity contribution in [2.45, 2.75) is 19.4 Å². The summed E-state index contributed by atoms with van der Waals surface area (Å²) in [5.74, 6) is 0.738. The van der Waals surface area contributed by atoms with Crippen molar-refractivity contribution in [1.82, 2.24) is 0 Å². The Morgan fingerprint density at radius 3 is 2.47 bits per heavy atom. The first-order chi connectivity index (χ1) is 8.99. The lowest BCUT2D eigenvalue weighted by atomic mass is 9.97. The summed E-state index contributed by atoms with van der Waals surface area (Å²) in [7, 11) is 0. The predicted octanol–water partition coefficient (Wildman–Crippen LogP) is 4.04. The van der Waals surface area contributed by atoms with Crippen LogP contribution < -0.4 is 4.74 Å². The van der Waals surface area contributed by atoms with Crippen molar-refractivity contribution in [2.75, 3.05) is 6.61 Å². The Morgan fingerprint density at radius 2 is 1.84 bits per heavy atom. The SMILES string of the molecule is Cc1ccc(OCC(C)(O)c2ccccc2)c(Br)c1. The Morgan fingerprint density at radius 1 is 1.16 bits per heavy atom. The van der Waals surface area contributed by atoms with Crippen molar-refractivity contribution in [3.05, 3.63) is 64.1 Å². The van der Waals surface area contributed by atoms with Crippen LogP contribution in [0, 0.1) is 6.92 Å². The van der Waals surface area contributed by atoms with E-state index in [1.54, 1.807) is 6.92 Å². The highest BCUT2D eigenvalue weighted by Gasteiger charge is 2.24. The van der Waals surface area contributed by atoms with E-state index in [1.807, 2.05) is 55.5 Å². The van der Waals surface area contributed by atoms with Gasteiger partial charge in [-0.1, -0.05) is 36.4 Å². The van der Waals surface area contributed by atoms with Crippen molar-refractivity contribution >= 4 is 15.9 Å². The van der Waals surface area contributed by atoms with Crippen molar-refractivity contribution in [2.24, 2.45) is 0 Å². The second kappa shape index (κ2) is 5.76. The second-order valence-corrected chi connectivity index (χ2v) is 5.72. The lowest BCUT2D eigenvalue weighted by molar-refractivity contribution is 0.00735. The first kappa shape index (κ1) is 14.1. The van der Waals surface area contributed by atoms with Crippen LogP contribution in [0.3, 0.4) is 0 Å². The van der Waals surface area contributed by atoms with E-state index in [0.29, 0.717) is 0 Å². The van der Waals surface area contributed by atoms with E-state index in [1.165, 1.54) is 0 Å². The lowest BCUT2D eigenvalue weighted by Crippen LogP contribution is -2.29. The first-order valence-electron chi connectivity index (χ1n) is 6.16. The summed E-state index contributed by atoms with van der Waals surface area (Å²) in [5, 5.41) is 10.5. The molecule has 2 aromatic rings. The molecule has 0 saturated heterocycles. The van der Waals surface area contributed by atoms with Crippen LogP contribution in [0.25, 0.3) is 0 Å². The minimum Gasteiger partial charge on any atom is -0.489 e. The predicted molar refractivity (Wildman–Crippen MR) is 80.4 cm³/mol. The number of aryl methyl sites for hydroxylation is 1. The highest BCUT2D eigenvalue weighted by atomic mass is 79.9. The molecule has 0 aliphatic rings. The van der Waals surface area contributed by atoms with Crippen LogP contribution in [0.2, 0.25) is 0 Å². The third-order valence-corrected chi connectivity index (χ3v) is 3.61. The van der Waals surface area contributed by atoms with Gasteiger partial charge in [0, 0.05) is 0 Å². The summed E-state index contributed by atoms with van der Waals surface area (Å²) < 4.78 is 6.61. The summed E-state index contributed by atoms with van der Waals surface area (Å²) in [6.07, 6.45) is 0. The fourth-order valence-electron chi connectivity index (χ4n) is 1.82. The van der Waals surface area contributed by atoms with Gasteiger partial charge >= 0.3 is 0 Å². The van der Waals surface area contributed by atoms with E-state index >= 15 is 0 Å². The van der Waals surface area contributed by atoms with Crippen molar-refractivity contribution in [1.29, 1.82) is 0 Å². The Kier molecular flexibility index (Phi) is 4.27. The molecule has 0 fully saturated rings. The Balaban J connectivity index is 2.09. The zero-order valence-electron chi connectivity index (χ0n) is 11.1. The number of ether oxygens (including phenoxy) is 1. The summed E-state index contributed by atoms with van der Waals surface area (Å²) in [4.78, 5) is 0. The van der Waals surface area contributed by atoms with Crippen LogP contribution in [0.1, 0.15) is 18.1 Å². The Bertz CT molecular complexity index is 550. The van der Waals surface area contributed by atoms with E-state index in [2.05, 4.69) is 15.9 Å². The van der Waals surface area contributed by atoms with Gasteiger partial charge in [-0.25, -0.2) is 0 Å². The molecule has 0 saturated carbocycles. The van der Waals surface area contributed by atoms with E-state index in [9.17, 15) is 5.11 Å². The quantitative estimate of drug-likeness (QED) is 0.921. The van der Waals surface area contributed by atoms with Crippen LogP contribution in [-0.2, 0) is 5.60 Å². The van der Waals surface area contributed by atoms with Crippen molar-refractivity contribution < 1.29 is 9.84 Å². The summed E-state index contributed by atoms with van der Waals surface area (Å²) in [5.41, 5.74) is 0.998. The van der Waals surface area contributed by atoms with Crippen molar-refractivity contribution in [3.63, 3.8) is 0 Å². The van der Waals surface area contributed by atoms with E-state index in [-0.39, 0.29) is 6.61 Å². The third kappa shape index (κ3) is 3.58. The van der Waals surface area contributed by atoms with E-state index in [4.69, 9.17) is 4.74 Å². The smallest absolute Gasteiger partial charge is 0.133 e. The molecule has 0 aliphatic carbocycles. The highest BCUT2D eigenvalue weighted by Crippen LogP contribution is 2.28. The van der Waals surface area contributed by atoms with Gasteiger partial charge in [-0.05, 0) is 53.0 Å². The lowest BCUT2D eigenvalue weighted by Gasteiger charge is -2.24. The largest absolute Gasteiger partial charge is 0.489 e. The van der Waals surface area contributed by atoms with Gasteiger partial charge in [0.2, 0.25) is 0 Å². The number of hydrogen-bond donors (Lipinski definition) is 1. The van der Waals surface area contributed by atoms with Gasteiger partial charge in [0.25, 0.3) is 0 Å². The number of hydrogen-bond acceptors (Lipinski definition) is 2. The van der Waals surface area contributed by atoms with Gasteiger partial charge in [-0.2, -0.15) is 0 Å². The fourth-order valence-corrected chi connectivity index (χ4v) is 2.43. The maximum Gasteiger partial charge on any atom is 0.133 e. The number of rotatable bonds is 4. The molecule has 0 amide bonds. The van der Waals surface area contributed by atoms with Gasteiger partial charge in [-0.15, -0.1) is 0 Å². The molecular weight excluding hydrogens is 304 g/mol. The van der Waals surface area contributed by atoms with Gasteiger partial charge in [0.1, 0.15) is 18.0 Å². The van der Waals surface area contributed by atoms with Crippen LogP contribution in [0.15, 0.2) is 53.0 Å². The highest BCUT2D eigenvalue weighted by molar-refractivity contribution is 9.10. The van der Waals surface area contributed by atoms with Gasteiger partial charge in [0.05, 0.1) is 4.47 Å². The van der Waals surface area contributed by atoms with E-state index < -0.39 is 5.60 Å². The summed E-state index contributed by atoms with van der Waals surface area (Å²) >= 11 is 3.46. The molecule has 0 bridgehead atoms. The summed E-state index contributed by atoms with van der Waals surface area (Å²) in [6.45, 7) is 3.98. The molecule has 1 N–H and O–H groups in total. The average molecular weight is 321 g/mol. The summed E-state index contributed by atoms with van der Waals surface area (Å²) in [6, 6.07) is 15.4. The molecule has 1 unspecified atom stereocenters. The molecule has 2 rings (SSSR count). The molecule has 2 nitrogen and oxygen atoms in total. The molecule has 3 heteroatoms. The molecule has 1 atom stereocenters. The third-order valence-electron chi connectivity index (χ3n) is 2.99. The molecule has 0 spiro atoms. The maximum absolute atomic E-state index is 10.5. The normalized spacial score (nSPS) is 13.9. The molecule has 0 heterocycles. The molecule has 0 radical (unpaired) electrons. The molecule has 100 valence electrons. The van der Waals surface area contributed by atoms with Gasteiger partial charge in [0.15, 0.2) is 0 Å². The van der Waals surface area contributed by atoms with Crippen LogP contribution in [0.4, 0.5) is 0 Å². The Labute approximate surface area is 122 Å². The zero-order valence-corrected chi connectivity index (χ0v) is 12.6. The average Bonchev–Trinajstić information content (AvgIpc) is 2.39.